The van der Waals surface area contributed by atoms with Gasteiger partial charge in [0.25, 0.3) is 10.2 Å². The molecule has 1 N–H and O–H groups in total. The minimum atomic E-state index is -3.30. The molecule has 2 atom stereocenters. The fourth-order valence-electron chi connectivity index (χ4n) is 3.78. The number of nitrogens with one attached hydrogen (secondary N) is 1. The van der Waals surface area contributed by atoms with Gasteiger partial charge in [-0.3, -0.25) is 0 Å². The number of hydrogen-bond donors (Lipinski definition) is 1. The van der Waals surface area contributed by atoms with Gasteiger partial charge in [-0.25, -0.2) is 0 Å². The molecule has 0 saturated carbocycles. The predicted molar refractivity (Wildman–Crippen MR) is 87.7 cm³/mol. The number of hydrogen-bond acceptors (Lipinski definition) is 3. The quantitative estimate of drug-likeness (QED) is 0.878. The van der Waals surface area contributed by atoms with Crippen LogP contribution in [0.2, 0.25) is 0 Å². The van der Waals surface area contributed by atoms with E-state index in [2.05, 4.69) is 29.6 Å². The van der Waals surface area contributed by atoms with Crippen molar-refractivity contribution in [3.05, 3.63) is 35.9 Å². The molecule has 0 aliphatic carbocycles. The van der Waals surface area contributed by atoms with E-state index in [0.29, 0.717) is 19.0 Å². The molecule has 0 aromatic heterocycles. The van der Waals surface area contributed by atoms with Crippen LogP contribution in [0, 0.1) is 11.3 Å². The van der Waals surface area contributed by atoms with Crippen LogP contribution in [0.5, 0.6) is 0 Å². The van der Waals surface area contributed by atoms with Gasteiger partial charge in [0.15, 0.2) is 0 Å². The largest absolute Gasteiger partial charge is 0.316 e. The number of nitrogens with zero attached hydrogens (tertiary/aromatic N) is 2. The Hall–Kier alpha value is -0.950. The Labute approximate surface area is 133 Å². The second-order valence-electron chi connectivity index (χ2n) is 6.76. The summed E-state index contributed by atoms with van der Waals surface area (Å²) < 4.78 is 27.8. The lowest BCUT2D eigenvalue weighted by atomic mass is 9.76. The SMILES string of the molecule is CN(C)S(=O)(=O)N1CC2CNCC2(CCc2ccccc2)C1. The molecule has 6 heteroatoms. The molecule has 1 aromatic rings. The van der Waals surface area contributed by atoms with E-state index in [0.717, 1.165) is 25.9 Å². The topological polar surface area (TPSA) is 52.7 Å². The predicted octanol–water partition coefficient (Wildman–Crippen LogP) is 0.947. The molecular weight excluding hydrogens is 298 g/mol. The van der Waals surface area contributed by atoms with Crippen LogP contribution in [0.3, 0.4) is 0 Å². The van der Waals surface area contributed by atoms with E-state index in [-0.39, 0.29) is 5.41 Å². The zero-order valence-electron chi connectivity index (χ0n) is 13.3. The molecule has 22 heavy (non-hydrogen) atoms. The first-order chi connectivity index (χ1) is 10.4. The molecule has 3 rings (SSSR count). The van der Waals surface area contributed by atoms with E-state index < -0.39 is 10.2 Å². The van der Waals surface area contributed by atoms with Gasteiger partial charge < -0.3 is 5.32 Å². The van der Waals surface area contributed by atoms with Crippen molar-refractivity contribution in [1.82, 2.24) is 13.9 Å². The zero-order valence-corrected chi connectivity index (χ0v) is 14.1. The summed E-state index contributed by atoms with van der Waals surface area (Å²) in [6, 6.07) is 10.5. The number of benzene rings is 1. The summed E-state index contributed by atoms with van der Waals surface area (Å²) in [6.45, 7) is 3.12. The monoisotopic (exact) mass is 323 g/mol. The third kappa shape index (κ3) is 2.80. The Morgan fingerprint density at radius 2 is 2.05 bits per heavy atom. The van der Waals surface area contributed by atoms with E-state index >= 15 is 0 Å². The maximum Gasteiger partial charge on any atom is 0.281 e. The molecule has 5 nitrogen and oxygen atoms in total. The van der Waals surface area contributed by atoms with Gasteiger partial charge in [-0.1, -0.05) is 30.3 Å². The second-order valence-corrected chi connectivity index (χ2v) is 8.90. The third-order valence-corrected chi connectivity index (χ3v) is 7.04. The molecule has 0 bridgehead atoms. The standard InChI is InChI=1S/C16H25N3O2S/c1-18(2)22(20,21)19-11-15-10-17-12-16(15,13-19)9-8-14-6-4-3-5-7-14/h3-7,15,17H,8-13H2,1-2H3. The molecule has 0 spiro atoms. The van der Waals surface area contributed by atoms with Crippen LogP contribution in [0.25, 0.3) is 0 Å². The van der Waals surface area contributed by atoms with Gasteiger partial charge in [0.2, 0.25) is 0 Å². The van der Waals surface area contributed by atoms with Gasteiger partial charge in [0.1, 0.15) is 0 Å². The van der Waals surface area contributed by atoms with Crippen LogP contribution in [-0.4, -0.2) is 57.3 Å². The van der Waals surface area contributed by atoms with Crippen LogP contribution in [0.15, 0.2) is 30.3 Å². The fraction of sp³-hybridized carbons (Fsp3) is 0.625. The van der Waals surface area contributed by atoms with Gasteiger partial charge in [0.05, 0.1) is 0 Å². The Morgan fingerprint density at radius 3 is 2.73 bits per heavy atom. The lowest BCUT2D eigenvalue weighted by Crippen LogP contribution is -2.41. The summed E-state index contributed by atoms with van der Waals surface area (Å²) >= 11 is 0. The molecule has 2 fully saturated rings. The molecule has 122 valence electrons. The fourth-order valence-corrected chi connectivity index (χ4v) is 5.03. The summed E-state index contributed by atoms with van der Waals surface area (Å²) in [7, 11) is -0.0819. The summed E-state index contributed by atoms with van der Waals surface area (Å²) in [4.78, 5) is 0. The van der Waals surface area contributed by atoms with Crippen molar-refractivity contribution in [2.24, 2.45) is 11.3 Å². The van der Waals surface area contributed by atoms with Crippen molar-refractivity contribution >= 4 is 10.2 Å². The first-order valence-electron chi connectivity index (χ1n) is 7.86. The molecule has 0 radical (unpaired) electrons. The van der Waals surface area contributed by atoms with Crippen LogP contribution < -0.4 is 5.32 Å². The normalized spacial score (nSPS) is 29.1. The van der Waals surface area contributed by atoms with Crippen LogP contribution in [0.1, 0.15) is 12.0 Å². The van der Waals surface area contributed by atoms with Crippen molar-refractivity contribution in [1.29, 1.82) is 0 Å². The van der Waals surface area contributed by atoms with Crippen molar-refractivity contribution in [2.75, 3.05) is 40.3 Å². The molecule has 2 unspecified atom stereocenters. The maximum atomic E-state index is 12.4. The molecule has 2 aliphatic heterocycles. The van der Waals surface area contributed by atoms with Crippen molar-refractivity contribution < 1.29 is 8.42 Å². The highest BCUT2D eigenvalue weighted by atomic mass is 32.2. The average molecular weight is 323 g/mol. The first kappa shape index (κ1) is 15.9. The van der Waals surface area contributed by atoms with Crippen LogP contribution in [0.4, 0.5) is 0 Å². The van der Waals surface area contributed by atoms with Gasteiger partial charge in [-0.2, -0.15) is 17.0 Å². The van der Waals surface area contributed by atoms with Gasteiger partial charge in [-0.05, 0) is 30.9 Å². The minimum Gasteiger partial charge on any atom is -0.316 e. The molecule has 0 amide bonds. The highest BCUT2D eigenvalue weighted by Gasteiger charge is 2.52. The second kappa shape index (κ2) is 5.92. The minimum absolute atomic E-state index is 0.0823. The van der Waals surface area contributed by atoms with E-state index in [4.69, 9.17) is 0 Å². The van der Waals surface area contributed by atoms with E-state index in [1.165, 1.54) is 9.87 Å². The summed E-state index contributed by atoms with van der Waals surface area (Å²) in [5.74, 6) is 0.422. The molecule has 2 heterocycles. The summed E-state index contributed by atoms with van der Waals surface area (Å²) in [5, 5.41) is 3.47. The smallest absolute Gasteiger partial charge is 0.281 e. The van der Waals surface area contributed by atoms with Crippen molar-refractivity contribution in [3.8, 4) is 0 Å². The lowest BCUT2D eigenvalue weighted by Gasteiger charge is -2.28. The van der Waals surface area contributed by atoms with Crippen LogP contribution in [-0.2, 0) is 16.6 Å². The average Bonchev–Trinajstić information content (AvgIpc) is 3.03. The van der Waals surface area contributed by atoms with Gasteiger partial charge in [-0.15, -0.1) is 0 Å². The van der Waals surface area contributed by atoms with E-state index in [1.54, 1.807) is 18.4 Å². The highest BCUT2D eigenvalue weighted by Crippen LogP contribution is 2.43. The third-order valence-electron chi connectivity index (χ3n) is 5.19. The van der Waals surface area contributed by atoms with Crippen LogP contribution >= 0.6 is 0 Å². The van der Waals surface area contributed by atoms with Crippen molar-refractivity contribution in [3.63, 3.8) is 0 Å². The molecular formula is C16H25N3O2S. The lowest BCUT2D eigenvalue weighted by molar-refractivity contribution is 0.264. The van der Waals surface area contributed by atoms with E-state index in [1.807, 2.05) is 6.07 Å². The number of aryl methyl sites for hydroxylation is 1. The van der Waals surface area contributed by atoms with Gasteiger partial charge in [0, 0.05) is 39.1 Å². The Balaban J connectivity index is 1.74. The number of fused-ring (bicyclic) bond motifs is 1. The molecule has 2 aliphatic rings. The first-order valence-corrected chi connectivity index (χ1v) is 9.26. The highest BCUT2D eigenvalue weighted by molar-refractivity contribution is 7.86. The zero-order chi connectivity index (χ0) is 15.8. The van der Waals surface area contributed by atoms with Gasteiger partial charge >= 0.3 is 0 Å². The maximum absolute atomic E-state index is 12.4. The number of rotatable bonds is 5. The Kier molecular flexibility index (Phi) is 4.29. The van der Waals surface area contributed by atoms with E-state index in [9.17, 15) is 8.42 Å². The molecule has 1 aromatic carbocycles. The van der Waals surface area contributed by atoms with Crippen molar-refractivity contribution in [2.45, 2.75) is 12.8 Å². The Bertz CT molecular complexity index is 618. The molecule has 2 saturated heterocycles. The Morgan fingerprint density at radius 1 is 1.32 bits per heavy atom. The summed E-state index contributed by atoms with van der Waals surface area (Å²) in [6.07, 6.45) is 2.04. The summed E-state index contributed by atoms with van der Waals surface area (Å²) in [5.41, 5.74) is 1.41.